The van der Waals surface area contributed by atoms with Gasteiger partial charge in [0.05, 0.1) is 16.8 Å². The molecule has 0 radical (unpaired) electrons. The number of urea groups is 1. The fourth-order valence-electron chi connectivity index (χ4n) is 3.21. The minimum absolute atomic E-state index is 0.0183. The molecule has 6 heteroatoms. The Morgan fingerprint density at radius 3 is 2.69 bits per heavy atom. The fraction of sp³-hybridized carbons (Fsp3) is 0.300. The zero-order valence-electron chi connectivity index (χ0n) is 14.8. The van der Waals surface area contributed by atoms with Crippen molar-refractivity contribution >= 4 is 33.3 Å². The predicted molar refractivity (Wildman–Crippen MR) is 107 cm³/mol. The number of rotatable bonds is 3. The van der Waals surface area contributed by atoms with Gasteiger partial charge in [-0.2, -0.15) is 0 Å². The number of piperazine rings is 1. The van der Waals surface area contributed by atoms with Crippen molar-refractivity contribution in [1.29, 1.82) is 0 Å². The molecule has 1 fully saturated rings. The molecule has 2 amide bonds. The summed E-state index contributed by atoms with van der Waals surface area (Å²) >= 11 is 1.76. The predicted octanol–water partition coefficient (Wildman–Crippen LogP) is 3.95. The average molecular weight is 366 g/mol. The van der Waals surface area contributed by atoms with E-state index in [0.29, 0.717) is 0 Å². The molecule has 0 aliphatic carbocycles. The molecule has 5 nitrogen and oxygen atoms in total. The SMILES string of the molecule is Cc1cccc(NC(=O)N2CCN(Cc3nc4ccccc4s3)CC2)c1. The third kappa shape index (κ3) is 3.86. The van der Waals surface area contributed by atoms with Gasteiger partial charge in [-0.15, -0.1) is 11.3 Å². The molecule has 1 N–H and O–H groups in total. The standard InChI is InChI=1S/C20H22N4OS/c1-15-5-4-6-16(13-15)21-20(25)24-11-9-23(10-12-24)14-19-22-17-7-2-3-8-18(17)26-19/h2-8,13H,9-12,14H2,1H3,(H,21,25). The van der Waals surface area contributed by atoms with Gasteiger partial charge in [-0.25, -0.2) is 9.78 Å². The molecule has 3 aromatic rings. The summed E-state index contributed by atoms with van der Waals surface area (Å²) in [4.78, 5) is 21.4. The summed E-state index contributed by atoms with van der Waals surface area (Å²) in [5.74, 6) is 0. The maximum atomic E-state index is 12.4. The Morgan fingerprint density at radius 1 is 1.12 bits per heavy atom. The van der Waals surface area contributed by atoms with Gasteiger partial charge >= 0.3 is 6.03 Å². The number of anilines is 1. The quantitative estimate of drug-likeness (QED) is 0.763. The molecule has 0 spiro atoms. The van der Waals surface area contributed by atoms with Crippen LogP contribution in [0.4, 0.5) is 10.5 Å². The highest BCUT2D eigenvalue weighted by molar-refractivity contribution is 7.18. The van der Waals surface area contributed by atoms with E-state index >= 15 is 0 Å². The third-order valence-corrected chi connectivity index (χ3v) is 5.65. The Hall–Kier alpha value is -2.44. The number of nitrogens with zero attached hydrogens (tertiary/aromatic N) is 3. The first-order chi connectivity index (χ1) is 12.7. The van der Waals surface area contributed by atoms with E-state index in [4.69, 9.17) is 4.98 Å². The lowest BCUT2D eigenvalue weighted by Gasteiger charge is -2.34. The van der Waals surface area contributed by atoms with Crippen LogP contribution in [0.2, 0.25) is 0 Å². The van der Waals surface area contributed by atoms with Crippen LogP contribution in [-0.2, 0) is 6.54 Å². The minimum Gasteiger partial charge on any atom is -0.322 e. The third-order valence-electron chi connectivity index (χ3n) is 4.63. The highest BCUT2D eigenvalue weighted by atomic mass is 32.1. The molecule has 26 heavy (non-hydrogen) atoms. The fourth-order valence-corrected chi connectivity index (χ4v) is 4.22. The molecule has 0 atom stereocenters. The number of para-hydroxylation sites is 1. The zero-order chi connectivity index (χ0) is 17.9. The van der Waals surface area contributed by atoms with Crippen LogP contribution in [0.1, 0.15) is 10.6 Å². The van der Waals surface area contributed by atoms with E-state index < -0.39 is 0 Å². The second kappa shape index (κ2) is 7.43. The number of amides is 2. The topological polar surface area (TPSA) is 48.5 Å². The normalized spacial score (nSPS) is 15.3. The van der Waals surface area contributed by atoms with Crippen LogP contribution in [0.25, 0.3) is 10.2 Å². The van der Waals surface area contributed by atoms with Gasteiger partial charge in [0.1, 0.15) is 5.01 Å². The number of benzene rings is 2. The van der Waals surface area contributed by atoms with E-state index in [1.807, 2.05) is 42.2 Å². The Kier molecular flexibility index (Phi) is 4.86. The first kappa shape index (κ1) is 17.0. The lowest BCUT2D eigenvalue weighted by molar-refractivity contribution is 0.143. The lowest BCUT2D eigenvalue weighted by Crippen LogP contribution is -2.49. The van der Waals surface area contributed by atoms with Crippen LogP contribution in [0, 0.1) is 6.92 Å². The summed E-state index contributed by atoms with van der Waals surface area (Å²) < 4.78 is 1.23. The van der Waals surface area contributed by atoms with Crippen molar-refractivity contribution in [3.05, 3.63) is 59.1 Å². The van der Waals surface area contributed by atoms with Crippen molar-refractivity contribution in [3.63, 3.8) is 0 Å². The van der Waals surface area contributed by atoms with Crippen LogP contribution in [0.3, 0.4) is 0 Å². The van der Waals surface area contributed by atoms with E-state index in [2.05, 4.69) is 28.4 Å². The smallest absolute Gasteiger partial charge is 0.321 e. The van der Waals surface area contributed by atoms with Gasteiger partial charge in [0.2, 0.25) is 0 Å². The van der Waals surface area contributed by atoms with Crippen molar-refractivity contribution in [2.24, 2.45) is 0 Å². The number of thiazole rings is 1. The summed E-state index contributed by atoms with van der Waals surface area (Å²) in [6, 6.07) is 16.1. The molecule has 134 valence electrons. The van der Waals surface area contributed by atoms with Gasteiger partial charge in [0, 0.05) is 31.9 Å². The summed E-state index contributed by atoms with van der Waals surface area (Å²) in [5, 5.41) is 4.14. The monoisotopic (exact) mass is 366 g/mol. The van der Waals surface area contributed by atoms with Gasteiger partial charge in [-0.05, 0) is 36.8 Å². The molecule has 2 heterocycles. The van der Waals surface area contributed by atoms with Crippen molar-refractivity contribution < 1.29 is 4.79 Å². The summed E-state index contributed by atoms with van der Waals surface area (Å²) in [6.45, 7) is 6.10. The summed E-state index contributed by atoms with van der Waals surface area (Å²) in [7, 11) is 0. The molecule has 0 unspecified atom stereocenters. The van der Waals surface area contributed by atoms with Gasteiger partial charge in [0.15, 0.2) is 0 Å². The van der Waals surface area contributed by atoms with Gasteiger partial charge in [0.25, 0.3) is 0 Å². The first-order valence-electron chi connectivity index (χ1n) is 8.87. The number of nitrogens with one attached hydrogen (secondary N) is 1. The van der Waals surface area contributed by atoms with Crippen molar-refractivity contribution in [3.8, 4) is 0 Å². The Balaban J connectivity index is 1.31. The molecule has 1 saturated heterocycles. The maximum absolute atomic E-state index is 12.4. The highest BCUT2D eigenvalue weighted by Gasteiger charge is 2.22. The average Bonchev–Trinajstić information content (AvgIpc) is 3.04. The van der Waals surface area contributed by atoms with E-state index in [-0.39, 0.29) is 6.03 Å². The van der Waals surface area contributed by atoms with Gasteiger partial charge in [-0.3, -0.25) is 4.90 Å². The highest BCUT2D eigenvalue weighted by Crippen LogP contribution is 2.23. The zero-order valence-corrected chi connectivity index (χ0v) is 15.6. The summed E-state index contributed by atoms with van der Waals surface area (Å²) in [6.07, 6.45) is 0. The van der Waals surface area contributed by atoms with Crippen molar-refractivity contribution in [2.45, 2.75) is 13.5 Å². The van der Waals surface area contributed by atoms with E-state index in [9.17, 15) is 4.79 Å². The summed E-state index contributed by atoms with van der Waals surface area (Å²) in [5.41, 5.74) is 3.07. The van der Waals surface area contributed by atoms with E-state index in [1.54, 1.807) is 11.3 Å². The second-order valence-electron chi connectivity index (χ2n) is 6.64. The molecule has 0 saturated carbocycles. The molecule has 1 aliphatic heterocycles. The largest absolute Gasteiger partial charge is 0.322 e. The number of fused-ring (bicyclic) bond motifs is 1. The van der Waals surface area contributed by atoms with Gasteiger partial charge < -0.3 is 10.2 Å². The van der Waals surface area contributed by atoms with E-state index in [1.165, 1.54) is 4.70 Å². The molecule has 0 bridgehead atoms. The molecular formula is C20H22N4OS. The van der Waals surface area contributed by atoms with Crippen molar-refractivity contribution in [1.82, 2.24) is 14.8 Å². The molecule has 4 rings (SSSR count). The maximum Gasteiger partial charge on any atom is 0.321 e. The number of aryl methyl sites for hydroxylation is 1. The number of aromatic nitrogens is 1. The van der Waals surface area contributed by atoms with Crippen LogP contribution >= 0.6 is 11.3 Å². The van der Waals surface area contributed by atoms with Crippen LogP contribution in [-0.4, -0.2) is 47.0 Å². The van der Waals surface area contributed by atoms with Gasteiger partial charge in [-0.1, -0.05) is 24.3 Å². The van der Waals surface area contributed by atoms with E-state index in [0.717, 1.165) is 54.5 Å². The molecule has 1 aliphatic rings. The number of carbonyl (C=O) groups excluding carboxylic acids is 1. The molecular weight excluding hydrogens is 344 g/mol. The number of hydrogen-bond acceptors (Lipinski definition) is 4. The second-order valence-corrected chi connectivity index (χ2v) is 7.75. The van der Waals surface area contributed by atoms with Crippen LogP contribution in [0.5, 0.6) is 0 Å². The Bertz CT molecular complexity index is 882. The Labute approximate surface area is 157 Å². The van der Waals surface area contributed by atoms with Crippen LogP contribution < -0.4 is 5.32 Å². The molecule has 2 aromatic carbocycles. The number of hydrogen-bond donors (Lipinski definition) is 1. The van der Waals surface area contributed by atoms with Crippen LogP contribution in [0.15, 0.2) is 48.5 Å². The minimum atomic E-state index is -0.0183. The number of carbonyl (C=O) groups is 1. The Morgan fingerprint density at radius 2 is 1.92 bits per heavy atom. The lowest BCUT2D eigenvalue weighted by atomic mass is 10.2. The molecule has 1 aromatic heterocycles. The van der Waals surface area contributed by atoms with Crippen molar-refractivity contribution in [2.75, 3.05) is 31.5 Å². The first-order valence-corrected chi connectivity index (χ1v) is 9.68.